The molecule has 0 aliphatic heterocycles. The predicted octanol–water partition coefficient (Wildman–Crippen LogP) is 2.95. The molecule has 0 aromatic heterocycles. The van der Waals surface area contributed by atoms with Gasteiger partial charge in [-0.05, 0) is 29.3 Å². The van der Waals surface area contributed by atoms with Crippen LogP contribution in [0.4, 0.5) is 0 Å². The molecule has 0 atom stereocenters. The van der Waals surface area contributed by atoms with E-state index in [0.717, 1.165) is 0 Å². The summed E-state index contributed by atoms with van der Waals surface area (Å²) in [7, 11) is 0. The number of fused-ring (bicyclic) bond motifs is 1. The molecule has 0 fully saturated rings. The van der Waals surface area contributed by atoms with E-state index in [4.69, 9.17) is 0 Å². The van der Waals surface area contributed by atoms with E-state index < -0.39 is 0 Å². The second-order valence-corrected chi connectivity index (χ2v) is 2.71. The van der Waals surface area contributed by atoms with E-state index in [1.54, 1.807) is 0 Å². The SMILES string of the molecule is Cc1cccc2ccc[c]c12. The van der Waals surface area contributed by atoms with Crippen molar-refractivity contribution in [1.82, 2.24) is 0 Å². The van der Waals surface area contributed by atoms with Crippen molar-refractivity contribution in [2.24, 2.45) is 0 Å². The van der Waals surface area contributed by atoms with Crippen molar-refractivity contribution >= 4 is 10.8 Å². The van der Waals surface area contributed by atoms with Gasteiger partial charge in [-0.3, -0.25) is 0 Å². The third kappa shape index (κ3) is 1.01. The van der Waals surface area contributed by atoms with Crippen molar-refractivity contribution in [2.45, 2.75) is 6.92 Å². The van der Waals surface area contributed by atoms with Gasteiger partial charge in [-0.15, -0.1) is 0 Å². The molecule has 0 bridgehead atoms. The zero-order chi connectivity index (χ0) is 7.68. The molecule has 0 heteroatoms. The Balaban J connectivity index is 2.91. The summed E-state index contributed by atoms with van der Waals surface area (Å²) in [6, 6.07) is 15.6. The molecule has 2 rings (SSSR count). The van der Waals surface area contributed by atoms with Crippen LogP contribution in [0.25, 0.3) is 10.8 Å². The molecule has 0 nitrogen and oxygen atoms in total. The van der Waals surface area contributed by atoms with E-state index in [1.165, 1.54) is 16.3 Å². The minimum atomic E-state index is 1.23. The van der Waals surface area contributed by atoms with Gasteiger partial charge in [0.1, 0.15) is 0 Å². The number of rotatable bonds is 0. The van der Waals surface area contributed by atoms with Crippen LogP contribution in [0.1, 0.15) is 5.56 Å². The molecule has 0 spiro atoms. The Morgan fingerprint density at radius 1 is 1.09 bits per heavy atom. The highest BCUT2D eigenvalue weighted by atomic mass is 14.0. The minimum absolute atomic E-state index is 1.23. The summed E-state index contributed by atoms with van der Waals surface area (Å²) in [6.45, 7) is 2.11. The summed E-state index contributed by atoms with van der Waals surface area (Å²) in [5.74, 6) is 0. The molecule has 0 N–H and O–H groups in total. The fraction of sp³-hybridized carbons (Fsp3) is 0.0909. The summed E-state index contributed by atoms with van der Waals surface area (Å²) in [4.78, 5) is 0. The molecule has 0 saturated carbocycles. The minimum Gasteiger partial charge on any atom is -0.0614 e. The first-order chi connectivity index (χ1) is 5.38. The number of hydrogen-bond acceptors (Lipinski definition) is 0. The van der Waals surface area contributed by atoms with Gasteiger partial charge in [0.05, 0.1) is 0 Å². The lowest BCUT2D eigenvalue weighted by Crippen LogP contribution is -1.75. The second kappa shape index (κ2) is 2.39. The van der Waals surface area contributed by atoms with Crippen molar-refractivity contribution in [2.75, 3.05) is 0 Å². The summed E-state index contributed by atoms with van der Waals surface area (Å²) < 4.78 is 0. The molecule has 0 aliphatic carbocycles. The highest BCUT2D eigenvalue weighted by Crippen LogP contribution is 2.15. The van der Waals surface area contributed by atoms with Crippen LogP contribution in [-0.4, -0.2) is 0 Å². The van der Waals surface area contributed by atoms with E-state index >= 15 is 0 Å². The van der Waals surface area contributed by atoms with Crippen molar-refractivity contribution in [3.63, 3.8) is 0 Å². The van der Waals surface area contributed by atoms with E-state index in [1.807, 2.05) is 12.1 Å². The van der Waals surface area contributed by atoms with Crippen molar-refractivity contribution in [3.05, 3.63) is 48.0 Å². The van der Waals surface area contributed by atoms with Crippen LogP contribution in [0.2, 0.25) is 0 Å². The third-order valence-electron chi connectivity index (χ3n) is 1.90. The Hall–Kier alpha value is -1.30. The van der Waals surface area contributed by atoms with Gasteiger partial charge in [-0.2, -0.15) is 0 Å². The van der Waals surface area contributed by atoms with Crippen LogP contribution in [0, 0.1) is 13.0 Å². The number of aryl methyl sites for hydroxylation is 1. The number of hydrogen-bond donors (Lipinski definition) is 0. The molecule has 0 amide bonds. The largest absolute Gasteiger partial charge is 0.0614 e. The summed E-state index contributed by atoms with van der Waals surface area (Å²) >= 11 is 0. The lowest BCUT2D eigenvalue weighted by atomic mass is 10.1. The van der Waals surface area contributed by atoms with Gasteiger partial charge < -0.3 is 0 Å². The van der Waals surface area contributed by atoms with Gasteiger partial charge in [-0.25, -0.2) is 0 Å². The predicted molar refractivity (Wildman–Crippen MR) is 47.5 cm³/mol. The zero-order valence-corrected chi connectivity index (χ0v) is 6.46. The van der Waals surface area contributed by atoms with Gasteiger partial charge in [0.25, 0.3) is 0 Å². The maximum absolute atomic E-state index is 3.22. The van der Waals surface area contributed by atoms with Gasteiger partial charge in [0, 0.05) is 0 Å². The van der Waals surface area contributed by atoms with Gasteiger partial charge in [0.2, 0.25) is 0 Å². The van der Waals surface area contributed by atoms with Crippen LogP contribution in [-0.2, 0) is 0 Å². The van der Waals surface area contributed by atoms with Crippen molar-refractivity contribution in [3.8, 4) is 0 Å². The maximum Gasteiger partial charge on any atom is -0.00759 e. The first-order valence-electron chi connectivity index (χ1n) is 3.74. The topological polar surface area (TPSA) is 0 Å². The lowest BCUT2D eigenvalue weighted by molar-refractivity contribution is 1.53. The fourth-order valence-corrected chi connectivity index (χ4v) is 1.31. The monoisotopic (exact) mass is 141 g/mol. The van der Waals surface area contributed by atoms with E-state index in [9.17, 15) is 0 Å². The molecular weight excluding hydrogens is 132 g/mol. The molecular formula is C11H9. The summed E-state index contributed by atoms with van der Waals surface area (Å²) in [5, 5.41) is 2.50. The highest BCUT2D eigenvalue weighted by Gasteiger charge is 1.92. The van der Waals surface area contributed by atoms with Crippen LogP contribution in [0.5, 0.6) is 0 Å². The standard InChI is InChI=1S/C11H9/c1-9-5-4-7-10-6-2-3-8-11(9)10/h2-7H,1H3. The van der Waals surface area contributed by atoms with E-state index in [2.05, 4.69) is 37.3 Å². The first kappa shape index (κ1) is 6.41. The Kier molecular flexibility index (Phi) is 1.39. The molecule has 1 radical (unpaired) electrons. The molecule has 11 heavy (non-hydrogen) atoms. The quantitative estimate of drug-likeness (QED) is 0.529. The smallest absolute Gasteiger partial charge is 0.00759 e. The maximum atomic E-state index is 3.22. The summed E-state index contributed by atoms with van der Waals surface area (Å²) in [6.07, 6.45) is 0. The highest BCUT2D eigenvalue weighted by molar-refractivity contribution is 5.84. The molecule has 0 unspecified atom stereocenters. The van der Waals surface area contributed by atoms with Gasteiger partial charge in [-0.1, -0.05) is 36.4 Å². The first-order valence-corrected chi connectivity index (χ1v) is 3.74. The van der Waals surface area contributed by atoms with Gasteiger partial charge >= 0.3 is 0 Å². The fourth-order valence-electron chi connectivity index (χ4n) is 1.31. The molecule has 2 aromatic carbocycles. The lowest BCUT2D eigenvalue weighted by Gasteiger charge is -1.98. The van der Waals surface area contributed by atoms with Crippen molar-refractivity contribution < 1.29 is 0 Å². The van der Waals surface area contributed by atoms with Crippen LogP contribution in [0.3, 0.4) is 0 Å². The average Bonchev–Trinajstić information content (AvgIpc) is 2.06. The Bertz CT molecular complexity index is 369. The molecule has 2 aromatic rings. The van der Waals surface area contributed by atoms with Crippen LogP contribution >= 0.6 is 0 Å². The van der Waals surface area contributed by atoms with Crippen LogP contribution < -0.4 is 0 Å². The molecule has 0 saturated heterocycles. The Morgan fingerprint density at radius 3 is 2.73 bits per heavy atom. The van der Waals surface area contributed by atoms with E-state index in [0.29, 0.717) is 0 Å². The van der Waals surface area contributed by atoms with Crippen LogP contribution in [0.15, 0.2) is 36.4 Å². The molecule has 0 aliphatic rings. The Morgan fingerprint density at radius 2 is 1.91 bits per heavy atom. The Labute approximate surface area is 66.5 Å². The summed E-state index contributed by atoms with van der Waals surface area (Å²) in [5.41, 5.74) is 1.29. The normalized spacial score (nSPS) is 10.3. The number of benzene rings is 2. The second-order valence-electron chi connectivity index (χ2n) is 2.71. The van der Waals surface area contributed by atoms with Gasteiger partial charge in [0.15, 0.2) is 0 Å². The zero-order valence-electron chi connectivity index (χ0n) is 6.46. The average molecular weight is 141 g/mol. The molecule has 0 heterocycles. The molecule has 53 valence electrons. The van der Waals surface area contributed by atoms with Crippen molar-refractivity contribution in [1.29, 1.82) is 0 Å². The third-order valence-corrected chi connectivity index (χ3v) is 1.90. The van der Waals surface area contributed by atoms with E-state index in [-0.39, 0.29) is 0 Å².